The van der Waals surface area contributed by atoms with Gasteiger partial charge in [0.15, 0.2) is 0 Å². The second-order valence-corrected chi connectivity index (χ2v) is 6.75. The van der Waals surface area contributed by atoms with Crippen LogP contribution >= 0.6 is 0 Å². The van der Waals surface area contributed by atoms with Gasteiger partial charge in [0.25, 0.3) is 0 Å². The zero-order chi connectivity index (χ0) is 17.1. The lowest BCUT2D eigenvalue weighted by Gasteiger charge is -2.60. The molecule has 0 aliphatic carbocycles. The fraction of sp³-hybridized carbons (Fsp3) is 0.667. The van der Waals surface area contributed by atoms with Gasteiger partial charge in [-0.25, -0.2) is 0 Å². The number of amides is 2. The number of nitrogens with zero attached hydrogens (tertiary/aromatic N) is 1. The van der Waals surface area contributed by atoms with Crippen LogP contribution in [-0.2, 0) is 9.59 Å². The van der Waals surface area contributed by atoms with Crippen molar-refractivity contribution in [2.24, 2.45) is 5.92 Å². The van der Waals surface area contributed by atoms with E-state index in [1.165, 1.54) is 12.2 Å². The molecule has 4 heteroatoms. The van der Waals surface area contributed by atoms with E-state index >= 15 is 0 Å². The van der Waals surface area contributed by atoms with Crippen LogP contribution in [0.25, 0.3) is 0 Å². The minimum absolute atomic E-state index is 0.0225. The summed E-state index contributed by atoms with van der Waals surface area (Å²) >= 11 is 0. The van der Waals surface area contributed by atoms with Gasteiger partial charge in [0.2, 0.25) is 11.8 Å². The largest absolute Gasteiger partial charge is 0.349 e. The van der Waals surface area contributed by atoms with Crippen LogP contribution in [0.2, 0.25) is 0 Å². The van der Waals surface area contributed by atoms with E-state index in [1.807, 2.05) is 4.90 Å². The number of carbonyl (C=O) groups excluding carboxylic acids is 2. The number of piperidine rings is 1. The molecule has 1 N–H and O–H groups in total. The van der Waals surface area contributed by atoms with Crippen molar-refractivity contribution >= 4 is 11.8 Å². The lowest BCUT2D eigenvalue weighted by molar-refractivity contribution is -0.155. The summed E-state index contributed by atoms with van der Waals surface area (Å²) < 4.78 is 0. The van der Waals surface area contributed by atoms with Crippen molar-refractivity contribution in [2.75, 3.05) is 0 Å². The van der Waals surface area contributed by atoms with Crippen molar-refractivity contribution in [2.45, 2.75) is 71.0 Å². The molecule has 1 saturated heterocycles. The molecule has 0 aromatic heterocycles. The van der Waals surface area contributed by atoms with E-state index in [-0.39, 0.29) is 34.9 Å². The average Bonchev–Trinajstić information content (AvgIpc) is 2.51. The Morgan fingerprint density at radius 3 is 2.23 bits per heavy atom. The Bertz CT molecular complexity index is 474. The molecule has 0 spiro atoms. The summed E-state index contributed by atoms with van der Waals surface area (Å²) in [6.07, 6.45) is 5.09. The zero-order valence-electron chi connectivity index (χ0n) is 14.6. The Balaban J connectivity index is 3.32. The fourth-order valence-electron chi connectivity index (χ4n) is 3.80. The second kappa shape index (κ2) is 6.67. The first-order valence-corrected chi connectivity index (χ1v) is 8.09. The molecule has 124 valence electrons. The Kier molecular flexibility index (Phi) is 5.60. The monoisotopic (exact) mass is 306 g/mol. The Morgan fingerprint density at radius 1 is 1.23 bits per heavy atom. The van der Waals surface area contributed by atoms with E-state index in [0.717, 1.165) is 19.3 Å². The minimum Gasteiger partial charge on any atom is -0.349 e. The molecule has 4 nitrogen and oxygen atoms in total. The highest BCUT2D eigenvalue weighted by Gasteiger charge is 2.54. The molecule has 4 atom stereocenters. The smallest absolute Gasteiger partial charge is 0.246 e. The summed E-state index contributed by atoms with van der Waals surface area (Å²) in [5, 5.41) is 3.05. The Hall–Kier alpha value is -1.58. The third-order valence-electron chi connectivity index (χ3n) is 5.68. The third-order valence-corrected chi connectivity index (χ3v) is 5.68. The number of hydrogen-bond acceptors (Lipinski definition) is 2. The van der Waals surface area contributed by atoms with Crippen molar-refractivity contribution in [1.82, 2.24) is 10.2 Å². The predicted octanol–water partition coefficient (Wildman–Crippen LogP) is 3.05. The van der Waals surface area contributed by atoms with Gasteiger partial charge in [-0.1, -0.05) is 33.9 Å². The summed E-state index contributed by atoms with van der Waals surface area (Å²) in [5.74, 6) is -0.0452. The Morgan fingerprint density at radius 2 is 1.82 bits per heavy atom. The molecule has 1 rings (SSSR count). The molecule has 1 aliphatic heterocycles. The molecule has 0 radical (unpaired) electrons. The maximum atomic E-state index is 12.6. The number of rotatable bonds is 5. The molecule has 0 aromatic rings. The fourth-order valence-corrected chi connectivity index (χ4v) is 3.80. The lowest BCUT2D eigenvalue weighted by atomic mass is 9.66. The molecule has 1 heterocycles. The second-order valence-electron chi connectivity index (χ2n) is 6.75. The van der Waals surface area contributed by atoms with Gasteiger partial charge >= 0.3 is 0 Å². The van der Waals surface area contributed by atoms with E-state index in [9.17, 15) is 9.59 Å². The molecular formula is C18H30N2O2. The predicted molar refractivity (Wildman–Crippen MR) is 90.3 cm³/mol. The zero-order valence-corrected chi connectivity index (χ0v) is 14.6. The first kappa shape index (κ1) is 18.5. The number of carbonyl (C=O) groups is 2. The van der Waals surface area contributed by atoms with E-state index < -0.39 is 0 Å². The number of nitrogens with one attached hydrogen (secondary N) is 1. The van der Waals surface area contributed by atoms with Crippen molar-refractivity contribution in [3.05, 3.63) is 25.3 Å². The van der Waals surface area contributed by atoms with Crippen molar-refractivity contribution in [3.8, 4) is 0 Å². The first-order valence-electron chi connectivity index (χ1n) is 8.09. The highest BCUT2D eigenvalue weighted by molar-refractivity contribution is 5.89. The molecule has 0 aromatic carbocycles. The highest BCUT2D eigenvalue weighted by Crippen LogP contribution is 2.45. The van der Waals surface area contributed by atoms with E-state index in [1.54, 1.807) is 0 Å². The van der Waals surface area contributed by atoms with Gasteiger partial charge in [-0.2, -0.15) is 0 Å². The van der Waals surface area contributed by atoms with E-state index in [0.29, 0.717) is 0 Å². The van der Waals surface area contributed by atoms with Crippen LogP contribution in [0.15, 0.2) is 25.3 Å². The maximum Gasteiger partial charge on any atom is 0.246 e. The molecule has 0 saturated carbocycles. The lowest BCUT2D eigenvalue weighted by Crippen LogP contribution is -2.71. The minimum atomic E-state index is -0.326. The van der Waals surface area contributed by atoms with Crippen LogP contribution in [0.3, 0.4) is 0 Å². The van der Waals surface area contributed by atoms with Gasteiger partial charge in [-0.05, 0) is 51.2 Å². The standard InChI is InChI=1S/C18H30N2O2/c1-8-15(21)19-14-12-17(6,10-3)20(16(22)9-2)18(7,11-4)13(14)5/h8-9,13-14H,1-2,10-12H2,3-7H3,(H,19,21). The average molecular weight is 306 g/mol. The molecule has 0 bridgehead atoms. The number of hydrogen-bond donors (Lipinski definition) is 1. The van der Waals surface area contributed by atoms with Crippen LogP contribution < -0.4 is 5.32 Å². The van der Waals surface area contributed by atoms with Gasteiger partial charge < -0.3 is 10.2 Å². The Labute approximate surface area is 134 Å². The summed E-state index contributed by atoms with van der Waals surface area (Å²) in [7, 11) is 0. The molecule has 22 heavy (non-hydrogen) atoms. The first-order chi connectivity index (χ1) is 10.2. The van der Waals surface area contributed by atoms with Crippen LogP contribution in [0.1, 0.15) is 53.9 Å². The normalized spacial score (nSPS) is 34.9. The van der Waals surface area contributed by atoms with Gasteiger partial charge in [-0.15, -0.1) is 0 Å². The van der Waals surface area contributed by atoms with Crippen LogP contribution in [-0.4, -0.2) is 33.8 Å². The van der Waals surface area contributed by atoms with Gasteiger partial charge in [-0.3, -0.25) is 9.59 Å². The summed E-state index contributed by atoms with van der Waals surface area (Å²) in [4.78, 5) is 26.3. The quantitative estimate of drug-likeness (QED) is 0.794. The van der Waals surface area contributed by atoms with E-state index in [4.69, 9.17) is 0 Å². The van der Waals surface area contributed by atoms with Crippen LogP contribution in [0.4, 0.5) is 0 Å². The molecule has 4 unspecified atom stereocenters. The highest BCUT2D eigenvalue weighted by atomic mass is 16.2. The summed E-state index contributed by atoms with van der Waals surface area (Å²) in [6, 6.07) is 0.0225. The van der Waals surface area contributed by atoms with Gasteiger partial charge in [0.1, 0.15) is 0 Å². The number of likely N-dealkylation sites (tertiary alicyclic amines) is 1. The molecule has 1 aliphatic rings. The van der Waals surface area contributed by atoms with Crippen LogP contribution in [0, 0.1) is 5.92 Å². The van der Waals surface area contributed by atoms with Gasteiger partial charge in [0, 0.05) is 17.1 Å². The van der Waals surface area contributed by atoms with Crippen molar-refractivity contribution in [1.29, 1.82) is 0 Å². The maximum absolute atomic E-state index is 12.6. The SMILES string of the molecule is C=CC(=O)NC1CC(C)(CC)N(C(=O)C=C)C(C)(CC)C1C. The van der Waals surface area contributed by atoms with Crippen LogP contribution in [0.5, 0.6) is 0 Å². The summed E-state index contributed by atoms with van der Waals surface area (Å²) in [6.45, 7) is 17.7. The molecule has 2 amide bonds. The molecule has 1 fully saturated rings. The van der Waals surface area contributed by atoms with Gasteiger partial charge in [0.05, 0.1) is 0 Å². The van der Waals surface area contributed by atoms with E-state index in [2.05, 4.69) is 53.1 Å². The summed E-state index contributed by atoms with van der Waals surface area (Å²) in [5.41, 5.74) is -0.630. The van der Waals surface area contributed by atoms with Crippen molar-refractivity contribution < 1.29 is 9.59 Å². The topological polar surface area (TPSA) is 49.4 Å². The molecular weight excluding hydrogens is 276 g/mol. The van der Waals surface area contributed by atoms with Crippen molar-refractivity contribution in [3.63, 3.8) is 0 Å². The third kappa shape index (κ3) is 2.96.